The Labute approximate surface area is 184 Å². The molecule has 0 fully saturated rings. The van der Waals surface area contributed by atoms with Gasteiger partial charge in [0.15, 0.2) is 0 Å². The third-order valence-electron chi connectivity index (χ3n) is 3.92. The molecule has 6 nitrogen and oxygen atoms in total. The zero-order valence-electron chi connectivity index (χ0n) is 15.6. The predicted octanol–water partition coefficient (Wildman–Crippen LogP) is 4.52. The average molecular weight is 486 g/mol. The predicted molar refractivity (Wildman–Crippen MR) is 111 cm³/mol. The fourth-order valence-corrected chi connectivity index (χ4v) is 4.56. The first-order valence-corrected chi connectivity index (χ1v) is 12.0. The number of thioether (sulfide) groups is 1. The van der Waals surface area contributed by atoms with Gasteiger partial charge < -0.3 is 4.74 Å². The van der Waals surface area contributed by atoms with Crippen molar-refractivity contribution in [2.75, 3.05) is 12.4 Å². The van der Waals surface area contributed by atoms with Crippen LogP contribution in [0.3, 0.4) is 0 Å². The highest BCUT2D eigenvalue weighted by Crippen LogP contribution is 2.38. The van der Waals surface area contributed by atoms with Crippen molar-refractivity contribution in [1.82, 2.24) is 4.98 Å². The molecule has 1 aromatic carbocycles. The highest BCUT2D eigenvalue weighted by Gasteiger charge is 2.36. The molecule has 3 aromatic rings. The van der Waals surface area contributed by atoms with Gasteiger partial charge in [0, 0.05) is 5.75 Å². The summed E-state index contributed by atoms with van der Waals surface area (Å²) >= 11 is 2.22. The molecule has 0 atom stereocenters. The van der Waals surface area contributed by atoms with E-state index in [-0.39, 0.29) is 28.0 Å². The second kappa shape index (κ2) is 9.27. The quantitative estimate of drug-likeness (QED) is 0.390. The van der Waals surface area contributed by atoms with Crippen molar-refractivity contribution in [2.24, 2.45) is 5.14 Å². The smallest absolute Gasteiger partial charge is 0.417 e. The van der Waals surface area contributed by atoms with Crippen LogP contribution in [0.4, 0.5) is 13.2 Å². The summed E-state index contributed by atoms with van der Waals surface area (Å²) in [5.74, 6) is 0.578. The summed E-state index contributed by atoms with van der Waals surface area (Å²) in [6.07, 6.45) is -4.70. The van der Waals surface area contributed by atoms with E-state index in [1.807, 2.05) is 0 Å². The normalized spacial score (nSPS) is 11.8. The molecule has 0 saturated carbocycles. The summed E-state index contributed by atoms with van der Waals surface area (Å²) in [6, 6.07) is 11.3. The van der Waals surface area contributed by atoms with E-state index in [4.69, 9.17) is 9.88 Å². The number of ether oxygens (including phenoxy) is 1. The maximum absolute atomic E-state index is 13.5. The van der Waals surface area contributed by atoms with Crippen molar-refractivity contribution in [3.63, 3.8) is 0 Å². The Hall–Kier alpha value is -2.59. The maximum atomic E-state index is 13.5. The van der Waals surface area contributed by atoms with Crippen LogP contribution in [-0.2, 0) is 16.2 Å². The van der Waals surface area contributed by atoms with Crippen LogP contribution in [-0.4, -0.2) is 25.8 Å². The van der Waals surface area contributed by atoms with E-state index in [0.717, 1.165) is 17.8 Å². The van der Waals surface area contributed by atoms with Gasteiger partial charge in [-0.25, -0.2) is 18.5 Å². The molecule has 0 radical (unpaired) electrons. The number of sulfonamides is 1. The number of hydrogen-bond donors (Lipinski definition) is 1. The molecule has 0 spiro atoms. The average Bonchev–Trinajstić information content (AvgIpc) is 3.24. The highest BCUT2D eigenvalue weighted by atomic mass is 32.2. The number of pyridine rings is 1. The molecule has 0 aliphatic rings. The lowest BCUT2D eigenvalue weighted by Crippen LogP contribution is -2.12. The molecule has 162 valence electrons. The van der Waals surface area contributed by atoms with Crippen LogP contribution in [0.25, 0.3) is 10.6 Å². The molecule has 2 heterocycles. The van der Waals surface area contributed by atoms with Crippen molar-refractivity contribution in [2.45, 2.75) is 16.1 Å². The second-order valence-corrected chi connectivity index (χ2v) is 9.63. The zero-order chi connectivity index (χ0) is 22.6. The van der Waals surface area contributed by atoms with Crippen LogP contribution in [0, 0.1) is 11.3 Å². The summed E-state index contributed by atoms with van der Waals surface area (Å²) in [7, 11) is -3.82. The van der Waals surface area contributed by atoms with E-state index in [1.165, 1.54) is 35.6 Å². The number of thiophene rings is 1. The van der Waals surface area contributed by atoms with Crippen molar-refractivity contribution in [1.29, 1.82) is 5.26 Å². The third kappa shape index (κ3) is 5.76. The minimum Gasteiger partial charge on any atom is -0.493 e. The van der Waals surface area contributed by atoms with Crippen LogP contribution in [0.2, 0.25) is 0 Å². The van der Waals surface area contributed by atoms with Gasteiger partial charge in [-0.05, 0) is 41.8 Å². The van der Waals surface area contributed by atoms with Gasteiger partial charge in [0.25, 0.3) is 0 Å². The Bertz CT molecular complexity index is 1200. The number of rotatable bonds is 7. The van der Waals surface area contributed by atoms with Gasteiger partial charge in [-0.3, -0.25) is 0 Å². The van der Waals surface area contributed by atoms with Crippen LogP contribution < -0.4 is 9.88 Å². The van der Waals surface area contributed by atoms with Gasteiger partial charge in [0.05, 0.1) is 33.2 Å². The lowest BCUT2D eigenvalue weighted by atomic mass is 10.1. The standard InChI is InChI=1S/C19H14F3N3O3S3/c20-19(21,22)15-10-16(17-2-1-8-29-17)25-18(14(15)11-23)30-9-7-28-12-3-5-13(6-4-12)31(24,26)27/h1-6,8,10H,7,9H2,(H2,24,26,27). The molecule has 31 heavy (non-hydrogen) atoms. The number of aromatic nitrogens is 1. The third-order valence-corrected chi connectivity index (χ3v) is 6.68. The van der Waals surface area contributed by atoms with Crippen molar-refractivity contribution < 1.29 is 26.3 Å². The molecular formula is C19H14F3N3O3S3. The first-order chi connectivity index (χ1) is 14.6. The summed E-state index contributed by atoms with van der Waals surface area (Å²) in [5, 5.41) is 16.0. The minimum absolute atomic E-state index is 0.0334. The van der Waals surface area contributed by atoms with Crippen LogP contribution >= 0.6 is 23.1 Å². The van der Waals surface area contributed by atoms with E-state index >= 15 is 0 Å². The van der Waals surface area contributed by atoms with E-state index in [2.05, 4.69) is 4.98 Å². The van der Waals surface area contributed by atoms with Crippen molar-refractivity contribution in [3.8, 4) is 22.4 Å². The van der Waals surface area contributed by atoms with Crippen molar-refractivity contribution >= 4 is 33.1 Å². The number of nitrogens with zero attached hydrogens (tertiary/aromatic N) is 2. The highest BCUT2D eigenvalue weighted by molar-refractivity contribution is 7.99. The Morgan fingerprint density at radius 2 is 1.94 bits per heavy atom. The van der Waals surface area contributed by atoms with E-state index in [0.29, 0.717) is 10.6 Å². The summed E-state index contributed by atoms with van der Waals surface area (Å²) in [5.41, 5.74) is -1.42. The minimum atomic E-state index is -4.70. The molecule has 0 amide bonds. The van der Waals surface area contributed by atoms with Gasteiger partial charge >= 0.3 is 6.18 Å². The Morgan fingerprint density at radius 3 is 2.48 bits per heavy atom. The number of alkyl halides is 3. The fourth-order valence-electron chi connectivity index (χ4n) is 2.53. The Morgan fingerprint density at radius 1 is 1.23 bits per heavy atom. The number of hydrogen-bond acceptors (Lipinski definition) is 7. The Balaban J connectivity index is 1.76. The van der Waals surface area contributed by atoms with Gasteiger partial charge in [-0.15, -0.1) is 23.1 Å². The molecule has 2 aromatic heterocycles. The Kier molecular flexibility index (Phi) is 6.90. The topological polar surface area (TPSA) is 106 Å². The molecule has 12 heteroatoms. The molecule has 0 aliphatic heterocycles. The largest absolute Gasteiger partial charge is 0.493 e. The van der Waals surface area contributed by atoms with Crippen molar-refractivity contribution in [3.05, 3.63) is 59.0 Å². The van der Waals surface area contributed by atoms with Gasteiger partial charge in [0.2, 0.25) is 10.0 Å². The monoisotopic (exact) mass is 485 g/mol. The molecule has 0 aliphatic carbocycles. The zero-order valence-corrected chi connectivity index (χ0v) is 18.0. The van der Waals surface area contributed by atoms with E-state index in [1.54, 1.807) is 23.6 Å². The molecule has 0 unspecified atom stereocenters. The molecule has 0 saturated heterocycles. The van der Waals surface area contributed by atoms with Gasteiger partial charge in [-0.2, -0.15) is 18.4 Å². The first kappa shape index (κ1) is 23.1. The number of nitrogens with two attached hydrogens (primary N) is 1. The summed E-state index contributed by atoms with van der Waals surface area (Å²) in [4.78, 5) is 4.75. The number of primary sulfonamides is 1. The number of halogens is 3. The number of nitriles is 1. The van der Waals surface area contributed by atoms with Crippen LogP contribution in [0.1, 0.15) is 11.1 Å². The SMILES string of the molecule is N#Cc1c(C(F)(F)F)cc(-c2cccs2)nc1SCCOc1ccc(S(N)(=O)=O)cc1. The van der Waals surface area contributed by atoms with Crippen LogP contribution in [0.5, 0.6) is 5.75 Å². The summed E-state index contributed by atoms with van der Waals surface area (Å²) in [6.45, 7) is 0.0938. The van der Waals surface area contributed by atoms with E-state index in [9.17, 15) is 26.9 Å². The lowest BCUT2D eigenvalue weighted by molar-refractivity contribution is -0.138. The fraction of sp³-hybridized carbons (Fsp3) is 0.158. The molecule has 2 N–H and O–H groups in total. The first-order valence-electron chi connectivity index (χ1n) is 8.54. The van der Waals surface area contributed by atoms with E-state index < -0.39 is 27.3 Å². The molecular weight excluding hydrogens is 471 g/mol. The van der Waals surface area contributed by atoms with Gasteiger partial charge in [-0.1, -0.05) is 6.07 Å². The lowest BCUT2D eigenvalue weighted by Gasteiger charge is -2.14. The second-order valence-electron chi connectivity index (χ2n) is 6.04. The molecule has 3 rings (SSSR count). The van der Waals surface area contributed by atoms with Crippen LogP contribution in [0.15, 0.2) is 57.8 Å². The summed E-state index contributed by atoms with van der Waals surface area (Å²) < 4.78 is 68.5. The number of benzene rings is 1. The van der Waals surface area contributed by atoms with Gasteiger partial charge in [0.1, 0.15) is 16.8 Å². The maximum Gasteiger partial charge on any atom is 0.417 e. The molecule has 0 bridgehead atoms.